The van der Waals surface area contributed by atoms with Crippen LogP contribution < -0.4 is 0 Å². The first-order chi connectivity index (χ1) is 8.78. The normalized spacial score (nSPS) is 36.0. The van der Waals surface area contributed by atoms with Crippen molar-refractivity contribution in [2.24, 2.45) is 11.8 Å². The third kappa shape index (κ3) is 1.04. The fraction of sp³-hybridized carbons (Fsp3) is 0.294. The SMILES string of the molecule is C[C@H]1C2[C@H](Cl)c3ccccc3[C@@]21c1ccccc1. The minimum atomic E-state index is 0.177. The molecule has 2 aromatic rings. The van der Waals surface area contributed by atoms with Crippen LogP contribution in [0, 0.1) is 11.8 Å². The molecule has 0 saturated heterocycles. The fourth-order valence-electron chi connectivity index (χ4n) is 4.14. The quantitative estimate of drug-likeness (QED) is 0.656. The molecule has 0 aliphatic heterocycles. The molecule has 4 rings (SSSR count). The van der Waals surface area contributed by atoms with Gasteiger partial charge in [0, 0.05) is 5.41 Å². The van der Waals surface area contributed by atoms with Crippen LogP contribution in [0.2, 0.25) is 0 Å². The monoisotopic (exact) mass is 254 g/mol. The van der Waals surface area contributed by atoms with Gasteiger partial charge in [-0.15, -0.1) is 11.6 Å². The molecule has 1 unspecified atom stereocenters. The lowest BCUT2D eigenvalue weighted by Crippen LogP contribution is -2.11. The maximum atomic E-state index is 6.67. The molecule has 2 aliphatic carbocycles. The molecule has 90 valence electrons. The molecule has 2 aliphatic rings. The minimum absolute atomic E-state index is 0.177. The lowest BCUT2D eigenvalue weighted by molar-refractivity contribution is 0.729. The predicted molar refractivity (Wildman–Crippen MR) is 74.9 cm³/mol. The Labute approximate surface area is 113 Å². The van der Waals surface area contributed by atoms with Gasteiger partial charge in [0.05, 0.1) is 5.38 Å². The molecule has 0 spiro atoms. The van der Waals surface area contributed by atoms with Gasteiger partial charge >= 0.3 is 0 Å². The lowest BCUT2D eigenvalue weighted by atomic mass is 9.86. The van der Waals surface area contributed by atoms with Crippen molar-refractivity contribution < 1.29 is 0 Å². The molecule has 4 atom stereocenters. The molecular formula is C17H15Cl. The van der Waals surface area contributed by atoms with E-state index in [4.69, 9.17) is 11.6 Å². The van der Waals surface area contributed by atoms with E-state index in [0.29, 0.717) is 11.8 Å². The van der Waals surface area contributed by atoms with E-state index in [1.54, 1.807) is 0 Å². The lowest BCUT2D eigenvalue weighted by Gasteiger charge is -2.18. The van der Waals surface area contributed by atoms with Gasteiger partial charge in [0.2, 0.25) is 0 Å². The number of hydrogen-bond acceptors (Lipinski definition) is 0. The molecule has 0 amide bonds. The van der Waals surface area contributed by atoms with Crippen molar-refractivity contribution in [3.05, 3.63) is 71.3 Å². The second-order valence-corrected chi connectivity index (χ2v) is 6.01. The number of fused-ring (bicyclic) bond motifs is 3. The number of rotatable bonds is 1. The van der Waals surface area contributed by atoms with Gasteiger partial charge in [-0.1, -0.05) is 61.5 Å². The van der Waals surface area contributed by atoms with Crippen LogP contribution in [0.5, 0.6) is 0 Å². The van der Waals surface area contributed by atoms with E-state index in [1.807, 2.05) is 0 Å². The zero-order chi connectivity index (χ0) is 12.3. The molecular weight excluding hydrogens is 240 g/mol. The summed E-state index contributed by atoms with van der Waals surface area (Å²) in [5.74, 6) is 1.22. The zero-order valence-electron chi connectivity index (χ0n) is 10.3. The molecule has 0 N–H and O–H groups in total. The number of benzene rings is 2. The van der Waals surface area contributed by atoms with Gasteiger partial charge in [0.25, 0.3) is 0 Å². The molecule has 1 heteroatoms. The highest BCUT2D eigenvalue weighted by atomic mass is 35.5. The van der Waals surface area contributed by atoms with Crippen LogP contribution in [0.3, 0.4) is 0 Å². The van der Waals surface area contributed by atoms with Crippen molar-refractivity contribution in [1.29, 1.82) is 0 Å². The van der Waals surface area contributed by atoms with Crippen molar-refractivity contribution in [3.63, 3.8) is 0 Å². The average Bonchev–Trinajstić information content (AvgIpc) is 2.95. The Kier molecular flexibility index (Phi) is 2.00. The first-order valence-corrected chi connectivity index (χ1v) is 7.00. The van der Waals surface area contributed by atoms with Gasteiger partial charge in [-0.05, 0) is 28.5 Å². The van der Waals surface area contributed by atoms with Gasteiger partial charge in [0.1, 0.15) is 0 Å². The van der Waals surface area contributed by atoms with Crippen LogP contribution in [-0.2, 0) is 5.41 Å². The van der Waals surface area contributed by atoms with E-state index < -0.39 is 0 Å². The molecule has 0 radical (unpaired) electrons. The number of alkyl halides is 1. The highest BCUT2D eigenvalue weighted by Gasteiger charge is 2.70. The molecule has 0 heterocycles. The molecule has 0 aromatic heterocycles. The maximum Gasteiger partial charge on any atom is 0.0631 e. The van der Waals surface area contributed by atoms with E-state index in [0.717, 1.165) is 0 Å². The van der Waals surface area contributed by atoms with Gasteiger partial charge in [-0.3, -0.25) is 0 Å². The second-order valence-electron chi connectivity index (χ2n) is 5.54. The van der Waals surface area contributed by atoms with Crippen molar-refractivity contribution in [2.75, 3.05) is 0 Å². The second kappa shape index (κ2) is 3.39. The smallest absolute Gasteiger partial charge is 0.0631 e. The number of halogens is 1. The largest absolute Gasteiger partial charge is 0.117 e. The summed E-state index contributed by atoms with van der Waals surface area (Å²) >= 11 is 6.67. The Hall–Kier alpha value is -1.27. The van der Waals surface area contributed by atoms with Crippen LogP contribution in [0.15, 0.2) is 54.6 Å². The van der Waals surface area contributed by atoms with Crippen molar-refractivity contribution >= 4 is 11.6 Å². The van der Waals surface area contributed by atoms with E-state index >= 15 is 0 Å². The van der Waals surface area contributed by atoms with Gasteiger partial charge in [0.15, 0.2) is 0 Å². The first kappa shape index (κ1) is 10.6. The molecule has 1 fully saturated rings. The third-order valence-corrected chi connectivity index (χ3v) is 5.45. The summed E-state index contributed by atoms with van der Waals surface area (Å²) in [5.41, 5.74) is 4.41. The van der Waals surface area contributed by atoms with E-state index in [2.05, 4.69) is 61.5 Å². The topological polar surface area (TPSA) is 0 Å². The Morgan fingerprint density at radius 1 is 0.944 bits per heavy atom. The Morgan fingerprint density at radius 3 is 2.39 bits per heavy atom. The summed E-state index contributed by atoms with van der Waals surface area (Å²) in [6.45, 7) is 2.34. The maximum absolute atomic E-state index is 6.67. The molecule has 1 saturated carbocycles. The highest BCUT2D eigenvalue weighted by Crippen LogP contribution is 2.74. The summed E-state index contributed by atoms with van der Waals surface area (Å²) in [6.07, 6.45) is 0. The Balaban J connectivity index is 1.97. The van der Waals surface area contributed by atoms with Crippen molar-refractivity contribution in [2.45, 2.75) is 17.7 Å². The van der Waals surface area contributed by atoms with Crippen molar-refractivity contribution in [1.82, 2.24) is 0 Å². The summed E-state index contributed by atoms with van der Waals surface area (Å²) < 4.78 is 0. The van der Waals surface area contributed by atoms with E-state index in [-0.39, 0.29) is 10.8 Å². The van der Waals surface area contributed by atoms with Crippen molar-refractivity contribution in [3.8, 4) is 0 Å². The standard InChI is InChI=1S/C17H15Cl/c1-11-15-16(18)13-9-5-6-10-14(13)17(11,15)12-7-3-2-4-8-12/h2-11,15-16H,1H3/t11-,15?,16+,17+/m0/s1. The minimum Gasteiger partial charge on any atom is -0.117 e. The Morgan fingerprint density at radius 2 is 1.61 bits per heavy atom. The molecule has 2 aromatic carbocycles. The van der Waals surface area contributed by atoms with Crippen LogP contribution in [-0.4, -0.2) is 0 Å². The van der Waals surface area contributed by atoms with Gasteiger partial charge in [-0.2, -0.15) is 0 Å². The Bertz CT molecular complexity index is 604. The van der Waals surface area contributed by atoms with Gasteiger partial charge in [-0.25, -0.2) is 0 Å². The highest BCUT2D eigenvalue weighted by molar-refractivity contribution is 6.22. The summed E-state index contributed by atoms with van der Waals surface area (Å²) in [7, 11) is 0. The van der Waals surface area contributed by atoms with E-state index in [9.17, 15) is 0 Å². The number of hydrogen-bond donors (Lipinski definition) is 0. The van der Waals surface area contributed by atoms with Crippen LogP contribution >= 0.6 is 11.6 Å². The average molecular weight is 255 g/mol. The summed E-state index contributed by atoms with van der Waals surface area (Å²) in [6, 6.07) is 19.6. The summed E-state index contributed by atoms with van der Waals surface area (Å²) in [4.78, 5) is 0. The third-order valence-electron chi connectivity index (χ3n) is 4.94. The predicted octanol–water partition coefficient (Wildman–Crippen LogP) is 4.53. The first-order valence-electron chi connectivity index (χ1n) is 6.57. The molecule has 18 heavy (non-hydrogen) atoms. The van der Waals surface area contributed by atoms with Gasteiger partial charge < -0.3 is 0 Å². The van der Waals surface area contributed by atoms with Crippen LogP contribution in [0.4, 0.5) is 0 Å². The summed E-state index contributed by atoms with van der Waals surface area (Å²) in [5, 5.41) is 0.177. The van der Waals surface area contributed by atoms with E-state index in [1.165, 1.54) is 16.7 Å². The molecule has 0 bridgehead atoms. The van der Waals surface area contributed by atoms with Crippen LogP contribution in [0.1, 0.15) is 29.0 Å². The van der Waals surface area contributed by atoms with Crippen LogP contribution in [0.25, 0.3) is 0 Å². The molecule has 0 nitrogen and oxygen atoms in total. The zero-order valence-corrected chi connectivity index (χ0v) is 11.1. The fourth-order valence-corrected chi connectivity index (χ4v) is 4.74.